The zero-order valence-corrected chi connectivity index (χ0v) is 42.3. The first kappa shape index (κ1) is 53.3. The van der Waals surface area contributed by atoms with Crippen LogP contribution in [0.4, 0.5) is 23.1 Å². The molecule has 3 aromatic heterocycles. The van der Waals surface area contributed by atoms with Crippen molar-refractivity contribution in [2.45, 2.75) is 64.7 Å². The molecule has 2 amide bonds. The molecular formula is C50H69N11O9S. The third kappa shape index (κ3) is 15.7. The van der Waals surface area contributed by atoms with E-state index in [0.29, 0.717) is 130 Å². The molecule has 3 aliphatic rings. The molecule has 4 aromatic rings. The zero-order valence-electron chi connectivity index (χ0n) is 41.5. The van der Waals surface area contributed by atoms with Crippen LogP contribution < -0.4 is 31.7 Å². The Hall–Kier alpha value is -5.55. The maximum Gasteiger partial charge on any atom is 0.263 e. The fourth-order valence-corrected chi connectivity index (χ4v) is 9.57. The topological polar surface area (TPSA) is 225 Å². The van der Waals surface area contributed by atoms with Crippen molar-refractivity contribution in [1.29, 1.82) is 0 Å². The van der Waals surface area contributed by atoms with Gasteiger partial charge in [0.05, 0.1) is 96.6 Å². The molecule has 2 fully saturated rings. The average Bonchev–Trinajstić information content (AvgIpc) is 4.04. The largest absolute Gasteiger partial charge is 0.383 e. The quantitative estimate of drug-likeness (QED) is 0.0476. The SMILES string of the molecule is CC(=O)c1c(C)c2cnc(Nc3ccc(N4CCN(CC(=O)NCCOCCOCCOCCOCCOCCNc5ccc(C(=O)NC6=NCC(C)S6)c(C)c5)CC4)cn3)nc2n(C2CCCC2)c1=O. The predicted octanol–water partition coefficient (Wildman–Crippen LogP) is 4.52. The summed E-state index contributed by atoms with van der Waals surface area (Å²) >= 11 is 1.58. The van der Waals surface area contributed by atoms with Crippen LogP contribution in [-0.4, -0.2) is 171 Å². The molecule has 1 saturated carbocycles. The molecule has 1 saturated heterocycles. The van der Waals surface area contributed by atoms with Crippen LogP contribution in [0.5, 0.6) is 0 Å². The lowest BCUT2D eigenvalue weighted by Crippen LogP contribution is -2.49. The Morgan fingerprint density at radius 1 is 0.803 bits per heavy atom. The van der Waals surface area contributed by atoms with Gasteiger partial charge in [0, 0.05) is 73.4 Å². The first-order valence-corrected chi connectivity index (χ1v) is 25.6. The number of nitrogens with zero attached hydrogens (tertiary/aromatic N) is 7. The van der Waals surface area contributed by atoms with Gasteiger partial charge in [-0.25, -0.2) is 9.97 Å². The Bertz CT molecular complexity index is 2500. The number of aryl methyl sites for hydroxylation is 2. The molecule has 0 bridgehead atoms. The molecule has 0 spiro atoms. The molecule has 7 rings (SSSR count). The minimum atomic E-state index is -0.283. The Kier molecular flexibility index (Phi) is 20.5. The van der Waals surface area contributed by atoms with Gasteiger partial charge in [-0.15, -0.1) is 0 Å². The number of benzene rings is 1. The van der Waals surface area contributed by atoms with E-state index in [-0.39, 0.29) is 34.8 Å². The Balaban J connectivity index is 0.660. The highest BCUT2D eigenvalue weighted by atomic mass is 32.2. The zero-order chi connectivity index (χ0) is 50.0. The van der Waals surface area contributed by atoms with Crippen LogP contribution in [-0.2, 0) is 28.5 Å². The minimum absolute atomic E-state index is 0.000122. The lowest BCUT2D eigenvalue weighted by molar-refractivity contribution is -0.122. The van der Waals surface area contributed by atoms with Gasteiger partial charge in [-0.1, -0.05) is 31.5 Å². The fourth-order valence-electron chi connectivity index (χ4n) is 8.74. The van der Waals surface area contributed by atoms with Crippen molar-refractivity contribution in [3.05, 3.63) is 75.3 Å². The summed E-state index contributed by atoms with van der Waals surface area (Å²) in [5.74, 6) is 0.468. The van der Waals surface area contributed by atoms with Crippen LogP contribution >= 0.6 is 11.8 Å². The second kappa shape index (κ2) is 27.3. The molecule has 1 aromatic carbocycles. The fraction of sp³-hybridized carbons (Fsp3) is 0.560. The van der Waals surface area contributed by atoms with Crippen molar-refractivity contribution in [2.75, 3.05) is 134 Å². The standard InChI is InChI=1S/C50H69N11O9S/c1-34-29-38(9-11-41(34)47(64)58-50-55-30-35(2)71-50)51-13-19-66-21-23-68-25-27-70-28-26-69-24-22-67-20-14-52-44(63)33-59-15-17-60(18-16-59)40-10-12-43(53-31-40)56-49-54-32-42-36(3)45(37(4)62)48(65)61(46(42)57-49)39-7-5-6-8-39/h9-12,29,31-32,35,39,51H,5-8,13-28,30,33H2,1-4H3,(H,52,63)(H,55,58,64)(H,53,54,56,57). The van der Waals surface area contributed by atoms with E-state index in [9.17, 15) is 19.2 Å². The molecule has 0 radical (unpaired) electrons. The summed E-state index contributed by atoms with van der Waals surface area (Å²) in [6, 6.07) is 9.55. The molecule has 1 atom stereocenters. The van der Waals surface area contributed by atoms with Gasteiger partial charge in [0.25, 0.3) is 11.5 Å². The highest BCUT2D eigenvalue weighted by Crippen LogP contribution is 2.32. The highest BCUT2D eigenvalue weighted by Gasteiger charge is 2.26. The molecule has 21 heteroatoms. The number of hydrogen-bond donors (Lipinski definition) is 4. The number of aromatic nitrogens is 4. The Labute approximate surface area is 419 Å². The van der Waals surface area contributed by atoms with Crippen LogP contribution in [0.2, 0.25) is 0 Å². The third-order valence-corrected chi connectivity index (χ3v) is 13.5. The van der Waals surface area contributed by atoms with Gasteiger partial charge >= 0.3 is 0 Å². The van der Waals surface area contributed by atoms with Gasteiger partial charge in [0.1, 0.15) is 11.5 Å². The molecule has 1 unspecified atom stereocenters. The molecule has 384 valence electrons. The van der Waals surface area contributed by atoms with Crippen molar-refractivity contribution < 1.29 is 38.1 Å². The van der Waals surface area contributed by atoms with Crippen LogP contribution in [0, 0.1) is 13.8 Å². The number of Topliss-reactive ketones (excluding diaryl/α,β-unsaturated/α-hetero) is 1. The molecule has 5 heterocycles. The number of amides is 2. The van der Waals surface area contributed by atoms with Crippen LogP contribution in [0.15, 0.2) is 52.5 Å². The van der Waals surface area contributed by atoms with E-state index in [1.54, 1.807) is 29.4 Å². The van der Waals surface area contributed by atoms with Crippen molar-refractivity contribution in [3.63, 3.8) is 0 Å². The summed E-state index contributed by atoms with van der Waals surface area (Å²) in [5, 5.41) is 14.1. The molecular weight excluding hydrogens is 931 g/mol. The first-order chi connectivity index (χ1) is 34.5. The predicted molar refractivity (Wildman–Crippen MR) is 276 cm³/mol. The smallest absolute Gasteiger partial charge is 0.263 e. The van der Waals surface area contributed by atoms with Crippen molar-refractivity contribution in [2.24, 2.45) is 4.99 Å². The number of aliphatic imine (C=N–C) groups is 1. The minimum Gasteiger partial charge on any atom is -0.383 e. The number of ketones is 1. The van der Waals surface area contributed by atoms with Gasteiger partial charge in [-0.05, 0) is 75.1 Å². The summed E-state index contributed by atoms with van der Waals surface area (Å²) in [6.07, 6.45) is 7.30. The van der Waals surface area contributed by atoms with Crippen molar-refractivity contribution in [1.82, 2.24) is 35.1 Å². The Morgan fingerprint density at radius 3 is 2.07 bits per heavy atom. The number of rotatable bonds is 27. The molecule has 4 N–H and O–H groups in total. The lowest BCUT2D eigenvalue weighted by Gasteiger charge is -2.35. The summed E-state index contributed by atoms with van der Waals surface area (Å²) in [5.41, 5.74) is 4.48. The Morgan fingerprint density at radius 2 is 1.46 bits per heavy atom. The van der Waals surface area contributed by atoms with E-state index in [4.69, 9.17) is 28.7 Å². The summed E-state index contributed by atoms with van der Waals surface area (Å²) in [4.78, 5) is 73.9. The number of fused-ring (bicyclic) bond motifs is 1. The number of amidine groups is 1. The van der Waals surface area contributed by atoms with Crippen LogP contribution in [0.25, 0.3) is 11.0 Å². The van der Waals surface area contributed by atoms with Gasteiger partial charge < -0.3 is 49.9 Å². The molecule has 71 heavy (non-hydrogen) atoms. The number of ether oxygens (including phenoxy) is 5. The van der Waals surface area contributed by atoms with Crippen LogP contribution in [0.3, 0.4) is 0 Å². The summed E-state index contributed by atoms with van der Waals surface area (Å²) in [6.45, 7) is 16.9. The van der Waals surface area contributed by atoms with Crippen LogP contribution in [0.1, 0.15) is 77.4 Å². The number of piperazine rings is 1. The highest BCUT2D eigenvalue weighted by molar-refractivity contribution is 8.14. The van der Waals surface area contributed by atoms with Crippen molar-refractivity contribution >= 4 is 68.7 Å². The van der Waals surface area contributed by atoms with E-state index in [1.165, 1.54) is 6.92 Å². The second-order valence-corrected chi connectivity index (χ2v) is 19.2. The van der Waals surface area contributed by atoms with E-state index in [0.717, 1.165) is 75.3 Å². The van der Waals surface area contributed by atoms with Gasteiger partial charge in [0.2, 0.25) is 11.9 Å². The van der Waals surface area contributed by atoms with E-state index >= 15 is 0 Å². The maximum atomic E-state index is 13.6. The van der Waals surface area contributed by atoms with E-state index in [2.05, 4.69) is 53.0 Å². The number of carbonyl (C=O) groups excluding carboxylic acids is 3. The maximum absolute atomic E-state index is 13.6. The molecule has 1 aliphatic carbocycles. The molecule has 2 aliphatic heterocycles. The number of thioether (sulfide) groups is 1. The number of pyridine rings is 2. The third-order valence-electron chi connectivity index (χ3n) is 12.5. The first-order valence-electron chi connectivity index (χ1n) is 24.7. The normalized spacial score (nSPS) is 16.4. The lowest BCUT2D eigenvalue weighted by atomic mass is 10.0. The second-order valence-electron chi connectivity index (χ2n) is 17.8. The van der Waals surface area contributed by atoms with Gasteiger partial charge in [-0.2, -0.15) is 4.98 Å². The van der Waals surface area contributed by atoms with Gasteiger partial charge in [0.15, 0.2) is 11.0 Å². The van der Waals surface area contributed by atoms with E-state index in [1.807, 2.05) is 43.5 Å². The molecule has 20 nitrogen and oxygen atoms in total. The van der Waals surface area contributed by atoms with Gasteiger partial charge in [-0.3, -0.25) is 33.6 Å². The number of anilines is 4. The summed E-state index contributed by atoms with van der Waals surface area (Å²) in [7, 11) is 0. The number of carbonyl (C=O) groups is 3. The van der Waals surface area contributed by atoms with Crippen molar-refractivity contribution in [3.8, 4) is 0 Å². The number of hydrogen-bond acceptors (Lipinski definition) is 18. The summed E-state index contributed by atoms with van der Waals surface area (Å²) < 4.78 is 29.7. The van der Waals surface area contributed by atoms with E-state index < -0.39 is 0 Å². The monoisotopic (exact) mass is 1000 g/mol. The number of nitrogens with one attached hydrogen (secondary N) is 4. The average molecular weight is 1000 g/mol.